The van der Waals surface area contributed by atoms with Gasteiger partial charge in [-0.25, -0.2) is 9.97 Å². The quantitative estimate of drug-likeness (QED) is 0.880. The van der Waals surface area contributed by atoms with Gasteiger partial charge in [-0.3, -0.25) is 0 Å². The van der Waals surface area contributed by atoms with Gasteiger partial charge in [0.2, 0.25) is 0 Å². The Balaban J connectivity index is 2.56. The highest BCUT2D eigenvalue weighted by atomic mass is 16.5. The molecule has 0 atom stereocenters. The van der Waals surface area contributed by atoms with Crippen molar-refractivity contribution in [1.29, 1.82) is 0 Å². The van der Waals surface area contributed by atoms with Crippen molar-refractivity contribution in [2.45, 2.75) is 6.61 Å². The number of anilines is 1. The average Bonchev–Trinajstić information content (AvgIpc) is 2.54. The van der Waals surface area contributed by atoms with Gasteiger partial charge < -0.3 is 19.5 Å². The fraction of sp³-hybridized carbons (Fsp3) is 0.333. The Kier molecular flexibility index (Phi) is 4.94. The molecule has 21 heavy (non-hydrogen) atoms. The first kappa shape index (κ1) is 15.1. The molecule has 0 aliphatic rings. The third kappa shape index (κ3) is 3.41. The van der Waals surface area contributed by atoms with Crippen molar-refractivity contribution in [2.75, 3.05) is 33.7 Å². The van der Waals surface area contributed by atoms with Crippen molar-refractivity contribution in [2.24, 2.45) is 0 Å². The molecule has 0 bridgehead atoms. The first-order valence-electron chi connectivity index (χ1n) is 6.49. The van der Waals surface area contributed by atoms with E-state index in [1.165, 1.54) is 0 Å². The molecule has 0 aliphatic carbocycles. The lowest BCUT2D eigenvalue weighted by atomic mass is 10.1. The number of nitrogens with zero attached hydrogens (tertiary/aromatic N) is 2. The monoisotopic (exact) mass is 289 g/mol. The van der Waals surface area contributed by atoms with Crippen LogP contribution < -0.4 is 14.8 Å². The second kappa shape index (κ2) is 6.90. The van der Waals surface area contributed by atoms with Gasteiger partial charge in [0.1, 0.15) is 17.3 Å². The number of hydrogen-bond acceptors (Lipinski definition) is 6. The van der Waals surface area contributed by atoms with Crippen LogP contribution in [0.1, 0.15) is 5.69 Å². The van der Waals surface area contributed by atoms with Crippen LogP contribution in [0.15, 0.2) is 24.3 Å². The Bertz CT molecular complexity index is 617. The molecule has 0 aliphatic heterocycles. The van der Waals surface area contributed by atoms with Gasteiger partial charge in [0, 0.05) is 20.2 Å². The lowest BCUT2D eigenvalue weighted by molar-refractivity contribution is 0.181. The van der Waals surface area contributed by atoms with E-state index >= 15 is 0 Å². The summed E-state index contributed by atoms with van der Waals surface area (Å²) in [6.07, 6.45) is 0. The van der Waals surface area contributed by atoms with Crippen molar-refractivity contribution in [3.05, 3.63) is 30.0 Å². The summed E-state index contributed by atoms with van der Waals surface area (Å²) < 4.78 is 15.8. The Labute approximate surface area is 124 Å². The maximum absolute atomic E-state index is 5.39. The fourth-order valence-electron chi connectivity index (χ4n) is 1.96. The van der Waals surface area contributed by atoms with E-state index in [9.17, 15) is 0 Å². The molecule has 1 aromatic carbocycles. The van der Waals surface area contributed by atoms with Crippen LogP contribution in [0, 0.1) is 0 Å². The lowest BCUT2D eigenvalue weighted by Gasteiger charge is -2.12. The van der Waals surface area contributed by atoms with Crippen molar-refractivity contribution in [1.82, 2.24) is 9.97 Å². The molecule has 0 saturated carbocycles. The third-order valence-corrected chi connectivity index (χ3v) is 2.98. The first-order chi connectivity index (χ1) is 10.2. The molecule has 1 heterocycles. The number of methoxy groups -OCH3 is 3. The van der Waals surface area contributed by atoms with Gasteiger partial charge >= 0.3 is 0 Å². The fourth-order valence-corrected chi connectivity index (χ4v) is 1.96. The van der Waals surface area contributed by atoms with Gasteiger partial charge in [-0.05, 0) is 18.2 Å². The standard InChI is InChI=1S/C15H19N3O3/c1-16-14-7-10(9-19-2)17-15(18-14)12-8-11(20-3)5-6-13(12)21-4/h5-8H,9H2,1-4H3,(H,16,17,18). The summed E-state index contributed by atoms with van der Waals surface area (Å²) >= 11 is 0. The van der Waals surface area contributed by atoms with Crippen LogP contribution in [0.25, 0.3) is 11.4 Å². The summed E-state index contributed by atoms with van der Waals surface area (Å²) in [4.78, 5) is 8.99. The van der Waals surface area contributed by atoms with Crippen LogP contribution in [-0.4, -0.2) is 38.3 Å². The van der Waals surface area contributed by atoms with Crippen LogP contribution in [0.4, 0.5) is 5.82 Å². The van der Waals surface area contributed by atoms with E-state index in [0.717, 1.165) is 22.8 Å². The summed E-state index contributed by atoms with van der Waals surface area (Å²) in [5.74, 6) is 2.69. The molecular formula is C15H19N3O3. The molecule has 0 amide bonds. The number of hydrogen-bond donors (Lipinski definition) is 1. The molecule has 6 heteroatoms. The molecule has 6 nitrogen and oxygen atoms in total. The van der Waals surface area contributed by atoms with Crippen molar-refractivity contribution < 1.29 is 14.2 Å². The minimum absolute atomic E-state index is 0.413. The summed E-state index contributed by atoms with van der Waals surface area (Å²) in [5, 5.41) is 3.02. The van der Waals surface area contributed by atoms with Crippen LogP contribution in [0.5, 0.6) is 11.5 Å². The number of benzene rings is 1. The molecule has 0 unspecified atom stereocenters. The Hall–Kier alpha value is -2.34. The van der Waals surface area contributed by atoms with Gasteiger partial charge in [-0.2, -0.15) is 0 Å². The zero-order valence-electron chi connectivity index (χ0n) is 12.6. The minimum Gasteiger partial charge on any atom is -0.497 e. The highest BCUT2D eigenvalue weighted by Crippen LogP contribution is 2.32. The number of rotatable bonds is 6. The Morgan fingerprint density at radius 3 is 2.48 bits per heavy atom. The van der Waals surface area contributed by atoms with Crippen LogP contribution in [0.2, 0.25) is 0 Å². The normalized spacial score (nSPS) is 10.3. The maximum atomic E-state index is 5.39. The Morgan fingerprint density at radius 1 is 1.05 bits per heavy atom. The second-order valence-electron chi connectivity index (χ2n) is 4.32. The molecule has 2 aromatic rings. The molecule has 112 valence electrons. The highest BCUT2D eigenvalue weighted by molar-refractivity contribution is 5.67. The predicted octanol–water partition coefficient (Wildman–Crippen LogP) is 2.35. The van der Waals surface area contributed by atoms with Gasteiger partial charge in [-0.15, -0.1) is 0 Å². The van der Waals surface area contributed by atoms with Gasteiger partial charge in [-0.1, -0.05) is 0 Å². The molecule has 0 radical (unpaired) electrons. The zero-order chi connectivity index (χ0) is 15.2. The van der Waals surface area contributed by atoms with Crippen LogP contribution >= 0.6 is 0 Å². The average molecular weight is 289 g/mol. The largest absolute Gasteiger partial charge is 0.497 e. The van der Waals surface area contributed by atoms with Gasteiger partial charge in [0.05, 0.1) is 32.1 Å². The van der Waals surface area contributed by atoms with Crippen molar-refractivity contribution >= 4 is 5.82 Å². The summed E-state index contributed by atoms with van der Waals surface area (Å²) in [6, 6.07) is 7.36. The number of nitrogens with one attached hydrogen (secondary N) is 1. The number of ether oxygens (including phenoxy) is 3. The summed E-state index contributed by atoms with van der Waals surface area (Å²) in [6.45, 7) is 0.413. The highest BCUT2D eigenvalue weighted by Gasteiger charge is 2.13. The summed E-state index contributed by atoms with van der Waals surface area (Å²) in [7, 11) is 6.68. The van der Waals surface area contributed by atoms with Gasteiger partial charge in [0.15, 0.2) is 5.82 Å². The van der Waals surface area contributed by atoms with E-state index < -0.39 is 0 Å². The Morgan fingerprint density at radius 2 is 1.86 bits per heavy atom. The molecule has 1 aromatic heterocycles. The smallest absolute Gasteiger partial charge is 0.165 e. The molecule has 0 saturated heterocycles. The predicted molar refractivity (Wildman–Crippen MR) is 80.8 cm³/mol. The van der Waals surface area contributed by atoms with E-state index in [0.29, 0.717) is 18.2 Å². The molecule has 1 N–H and O–H groups in total. The zero-order valence-corrected chi connectivity index (χ0v) is 12.6. The van der Waals surface area contributed by atoms with Crippen molar-refractivity contribution in [3.63, 3.8) is 0 Å². The molecule has 0 fully saturated rings. The minimum atomic E-state index is 0.413. The maximum Gasteiger partial charge on any atom is 0.165 e. The lowest BCUT2D eigenvalue weighted by Crippen LogP contribution is -2.03. The van der Waals surface area contributed by atoms with Gasteiger partial charge in [0.25, 0.3) is 0 Å². The van der Waals surface area contributed by atoms with E-state index in [2.05, 4.69) is 15.3 Å². The van der Waals surface area contributed by atoms with E-state index in [1.807, 2.05) is 31.3 Å². The van der Waals surface area contributed by atoms with Crippen LogP contribution in [0.3, 0.4) is 0 Å². The SMILES string of the molecule is CNc1cc(COC)nc(-c2cc(OC)ccc2OC)n1. The van der Waals surface area contributed by atoms with E-state index in [1.54, 1.807) is 21.3 Å². The summed E-state index contributed by atoms with van der Waals surface area (Å²) in [5.41, 5.74) is 1.56. The second-order valence-corrected chi connectivity index (χ2v) is 4.32. The van der Waals surface area contributed by atoms with E-state index in [4.69, 9.17) is 14.2 Å². The van der Waals surface area contributed by atoms with E-state index in [-0.39, 0.29) is 0 Å². The molecular weight excluding hydrogens is 270 g/mol. The van der Waals surface area contributed by atoms with Crippen molar-refractivity contribution in [3.8, 4) is 22.9 Å². The molecule has 0 spiro atoms. The van der Waals surface area contributed by atoms with Crippen LogP contribution in [-0.2, 0) is 11.3 Å². The molecule has 2 rings (SSSR count). The topological polar surface area (TPSA) is 65.5 Å². The first-order valence-corrected chi connectivity index (χ1v) is 6.49. The third-order valence-electron chi connectivity index (χ3n) is 2.98. The number of aromatic nitrogens is 2.